The summed E-state index contributed by atoms with van der Waals surface area (Å²) in [5.41, 5.74) is 2.82. The van der Waals surface area contributed by atoms with Crippen LogP contribution in [0.5, 0.6) is 0 Å². The van der Waals surface area contributed by atoms with Crippen LogP contribution in [0, 0.1) is 24.2 Å². The second kappa shape index (κ2) is 8.68. The third-order valence-corrected chi connectivity index (χ3v) is 5.22. The van der Waals surface area contributed by atoms with Crippen LogP contribution in [0.4, 0.5) is 5.82 Å². The summed E-state index contributed by atoms with van der Waals surface area (Å²) in [4.78, 5) is 21.4. The highest BCUT2D eigenvalue weighted by Gasteiger charge is 2.28. The summed E-state index contributed by atoms with van der Waals surface area (Å²) < 4.78 is 0. The SMILES string of the molecule is Cc1ccc(N2CCCC(C(=O)N(C)CCc3ccccc3C#N)C2)nc1. The molecule has 1 amide bonds. The van der Waals surface area contributed by atoms with Gasteiger partial charge in [-0.25, -0.2) is 4.98 Å². The lowest BCUT2D eigenvalue weighted by molar-refractivity contribution is -0.134. The molecule has 0 aliphatic carbocycles. The number of pyridine rings is 1. The van der Waals surface area contributed by atoms with Crippen LogP contribution in [0.25, 0.3) is 0 Å². The summed E-state index contributed by atoms with van der Waals surface area (Å²) in [5, 5.41) is 9.21. The first-order chi connectivity index (χ1) is 13.1. The predicted octanol–water partition coefficient (Wildman–Crippen LogP) is 3.18. The lowest BCUT2D eigenvalue weighted by atomic mass is 9.96. The monoisotopic (exact) mass is 362 g/mol. The maximum Gasteiger partial charge on any atom is 0.227 e. The molecule has 27 heavy (non-hydrogen) atoms. The second-order valence-electron chi connectivity index (χ2n) is 7.26. The number of hydrogen-bond acceptors (Lipinski definition) is 4. The van der Waals surface area contributed by atoms with E-state index < -0.39 is 0 Å². The van der Waals surface area contributed by atoms with Crippen LogP contribution in [0.1, 0.15) is 29.5 Å². The highest BCUT2D eigenvalue weighted by atomic mass is 16.2. The molecule has 5 heteroatoms. The molecule has 0 bridgehead atoms. The Hall–Kier alpha value is -2.87. The van der Waals surface area contributed by atoms with Crippen molar-refractivity contribution < 1.29 is 4.79 Å². The number of likely N-dealkylation sites (N-methyl/N-ethyl adjacent to an activating group) is 1. The minimum Gasteiger partial charge on any atom is -0.356 e. The number of amides is 1. The van der Waals surface area contributed by atoms with Gasteiger partial charge in [0.2, 0.25) is 5.91 Å². The Morgan fingerprint density at radius 3 is 2.89 bits per heavy atom. The van der Waals surface area contributed by atoms with Crippen molar-refractivity contribution in [2.24, 2.45) is 5.92 Å². The number of benzene rings is 1. The first-order valence-corrected chi connectivity index (χ1v) is 9.49. The molecule has 140 valence electrons. The van der Waals surface area contributed by atoms with E-state index in [1.54, 1.807) is 0 Å². The lowest BCUT2D eigenvalue weighted by Crippen LogP contribution is -2.44. The second-order valence-corrected chi connectivity index (χ2v) is 7.26. The standard InChI is InChI=1S/C22H26N4O/c1-17-9-10-21(24-15-17)26-12-5-8-20(16-26)22(27)25(2)13-11-18-6-3-4-7-19(18)14-23/h3-4,6-7,9-10,15,20H,5,8,11-13,16H2,1-2H3. The highest BCUT2D eigenvalue weighted by Crippen LogP contribution is 2.23. The summed E-state index contributed by atoms with van der Waals surface area (Å²) in [6.07, 6.45) is 4.48. The first-order valence-electron chi connectivity index (χ1n) is 9.49. The molecular formula is C22H26N4O. The summed E-state index contributed by atoms with van der Waals surface area (Å²) in [6.45, 7) is 4.31. The zero-order chi connectivity index (χ0) is 19.2. The van der Waals surface area contributed by atoms with E-state index in [1.165, 1.54) is 0 Å². The summed E-state index contributed by atoms with van der Waals surface area (Å²) in [6, 6.07) is 13.9. The zero-order valence-electron chi connectivity index (χ0n) is 16.1. The molecule has 3 rings (SSSR count). The maximum atomic E-state index is 12.9. The van der Waals surface area contributed by atoms with Gasteiger partial charge in [0.15, 0.2) is 0 Å². The van der Waals surface area contributed by atoms with Gasteiger partial charge in [-0.2, -0.15) is 5.26 Å². The molecule has 1 aliphatic heterocycles. The van der Waals surface area contributed by atoms with Crippen molar-refractivity contribution in [2.45, 2.75) is 26.2 Å². The van der Waals surface area contributed by atoms with Gasteiger partial charge in [0.1, 0.15) is 5.82 Å². The van der Waals surface area contributed by atoms with E-state index >= 15 is 0 Å². The van der Waals surface area contributed by atoms with Crippen molar-refractivity contribution in [3.05, 3.63) is 59.3 Å². The lowest BCUT2D eigenvalue weighted by Gasteiger charge is -2.34. The number of rotatable bonds is 5. The maximum absolute atomic E-state index is 12.9. The fraction of sp³-hybridized carbons (Fsp3) is 0.409. The Kier molecular flexibility index (Phi) is 6.08. The van der Waals surface area contributed by atoms with Crippen LogP contribution in [0.3, 0.4) is 0 Å². The van der Waals surface area contributed by atoms with Crippen LogP contribution < -0.4 is 4.90 Å². The van der Waals surface area contributed by atoms with Crippen LogP contribution in [-0.4, -0.2) is 42.5 Å². The van der Waals surface area contributed by atoms with Gasteiger partial charge in [-0.15, -0.1) is 0 Å². The average Bonchev–Trinajstić information content (AvgIpc) is 2.72. The van der Waals surface area contributed by atoms with Gasteiger partial charge in [0.25, 0.3) is 0 Å². The highest BCUT2D eigenvalue weighted by molar-refractivity contribution is 5.79. The Morgan fingerprint density at radius 1 is 1.33 bits per heavy atom. The van der Waals surface area contributed by atoms with Crippen LogP contribution in [0.2, 0.25) is 0 Å². The third-order valence-electron chi connectivity index (χ3n) is 5.22. The molecule has 1 unspecified atom stereocenters. The molecule has 1 saturated heterocycles. The fourth-order valence-corrected chi connectivity index (χ4v) is 3.59. The van der Waals surface area contributed by atoms with Crippen molar-refractivity contribution in [3.63, 3.8) is 0 Å². The normalized spacial score (nSPS) is 16.6. The molecule has 5 nitrogen and oxygen atoms in total. The average molecular weight is 362 g/mol. The molecule has 1 aromatic carbocycles. The first kappa shape index (κ1) is 18.9. The van der Waals surface area contributed by atoms with E-state index in [1.807, 2.05) is 55.4 Å². The van der Waals surface area contributed by atoms with Gasteiger partial charge in [-0.1, -0.05) is 24.3 Å². The molecule has 0 radical (unpaired) electrons. The molecular weight excluding hydrogens is 336 g/mol. The summed E-state index contributed by atoms with van der Waals surface area (Å²) in [5.74, 6) is 1.13. The summed E-state index contributed by atoms with van der Waals surface area (Å²) in [7, 11) is 1.86. The number of hydrogen-bond donors (Lipinski definition) is 0. The molecule has 2 heterocycles. The number of anilines is 1. The van der Waals surface area contributed by atoms with E-state index in [2.05, 4.69) is 22.0 Å². The molecule has 1 aromatic heterocycles. The van der Waals surface area contributed by atoms with Crippen LogP contribution >= 0.6 is 0 Å². The topological polar surface area (TPSA) is 60.2 Å². The summed E-state index contributed by atoms with van der Waals surface area (Å²) >= 11 is 0. The number of nitrogens with zero attached hydrogens (tertiary/aromatic N) is 4. The largest absolute Gasteiger partial charge is 0.356 e. The third kappa shape index (κ3) is 4.65. The molecule has 0 spiro atoms. The van der Waals surface area contributed by atoms with Gasteiger partial charge >= 0.3 is 0 Å². The molecule has 0 saturated carbocycles. The number of aromatic nitrogens is 1. The van der Waals surface area contributed by atoms with Gasteiger partial charge in [0.05, 0.1) is 17.6 Å². The number of piperidine rings is 1. The minimum atomic E-state index is -0.00179. The Bertz CT molecular complexity index is 825. The quantitative estimate of drug-likeness (QED) is 0.820. The van der Waals surface area contributed by atoms with Crippen molar-refractivity contribution in [1.29, 1.82) is 5.26 Å². The van der Waals surface area contributed by atoms with Gasteiger partial charge in [-0.05, 0) is 49.4 Å². The molecule has 2 aromatic rings. The number of carbonyl (C=O) groups is 1. The number of aryl methyl sites for hydroxylation is 1. The Balaban J connectivity index is 1.59. The van der Waals surface area contributed by atoms with Gasteiger partial charge < -0.3 is 9.80 Å². The number of carbonyl (C=O) groups excluding carboxylic acids is 1. The fourth-order valence-electron chi connectivity index (χ4n) is 3.59. The van der Waals surface area contributed by atoms with Crippen LogP contribution in [-0.2, 0) is 11.2 Å². The van der Waals surface area contributed by atoms with Gasteiger partial charge in [0, 0.05) is 32.9 Å². The predicted molar refractivity (Wildman–Crippen MR) is 106 cm³/mol. The van der Waals surface area contributed by atoms with Gasteiger partial charge in [-0.3, -0.25) is 4.79 Å². The van der Waals surface area contributed by atoms with Crippen molar-refractivity contribution in [1.82, 2.24) is 9.88 Å². The van der Waals surface area contributed by atoms with E-state index in [0.29, 0.717) is 25.1 Å². The van der Waals surface area contributed by atoms with E-state index in [9.17, 15) is 10.1 Å². The Morgan fingerprint density at radius 2 is 2.15 bits per heavy atom. The Labute approximate surface area is 161 Å². The van der Waals surface area contributed by atoms with Crippen molar-refractivity contribution in [2.75, 3.05) is 31.6 Å². The van der Waals surface area contributed by atoms with Crippen molar-refractivity contribution >= 4 is 11.7 Å². The zero-order valence-corrected chi connectivity index (χ0v) is 16.1. The smallest absolute Gasteiger partial charge is 0.227 e. The molecule has 0 N–H and O–H groups in total. The number of nitriles is 1. The van der Waals surface area contributed by atoms with E-state index in [-0.39, 0.29) is 11.8 Å². The van der Waals surface area contributed by atoms with Crippen LogP contribution in [0.15, 0.2) is 42.6 Å². The minimum absolute atomic E-state index is 0.00179. The van der Waals surface area contributed by atoms with E-state index in [4.69, 9.17) is 0 Å². The molecule has 1 fully saturated rings. The van der Waals surface area contributed by atoms with E-state index in [0.717, 1.165) is 36.3 Å². The molecule has 1 atom stereocenters. The van der Waals surface area contributed by atoms with Crippen molar-refractivity contribution in [3.8, 4) is 6.07 Å². The molecule has 1 aliphatic rings.